The van der Waals surface area contributed by atoms with Gasteiger partial charge in [0.1, 0.15) is 0 Å². The first-order chi connectivity index (χ1) is 10.6. The molecule has 4 nitrogen and oxygen atoms in total. The molecule has 2 aromatic rings. The number of hydrogen-bond acceptors (Lipinski definition) is 2. The minimum atomic E-state index is -0.692. The van der Waals surface area contributed by atoms with Crippen LogP contribution in [0.25, 0.3) is 0 Å². The van der Waals surface area contributed by atoms with Gasteiger partial charge in [0.2, 0.25) is 0 Å². The molecule has 114 valence electrons. The Kier molecular flexibility index (Phi) is 5.55. The second-order valence-corrected chi connectivity index (χ2v) is 5.42. The molecule has 5 heteroatoms. The minimum Gasteiger partial charge on any atom is -0.347 e. The van der Waals surface area contributed by atoms with Gasteiger partial charge in [0, 0.05) is 17.3 Å². The molecular weight excluding hydrogens is 300 g/mol. The number of amides is 2. The Morgan fingerprint density at radius 2 is 1.64 bits per heavy atom. The SMILES string of the molecule is C[C@H](CNC(=O)C(=O)Nc1ccc(Cl)cc1)c1ccccc1. The zero-order chi connectivity index (χ0) is 15.9. The average Bonchev–Trinajstić information content (AvgIpc) is 2.55. The van der Waals surface area contributed by atoms with Gasteiger partial charge in [0.15, 0.2) is 0 Å². The molecule has 0 radical (unpaired) electrons. The Hall–Kier alpha value is -2.33. The first-order valence-electron chi connectivity index (χ1n) is 6.96. The molecule has 22 heavy (non-hydrogen) atoms. The molecule has 0 saturated heterocycles. The number of carbonyl (C=O) groups is 2. The summed E-state index contributed by atoms with van der Waals surface area (Å²) in [6.45, 7) is 2.39. The van der Waals surface area contributed by atoms with Crippen LogP contribution in [0.4, 0.5) is 5.69 Å². The summed E-state index contributed by atoms with van der Waals surface area (Å²) < 4.78 is 0. The molecule has 0 saturated carbocycles. The van der Waals surface area contributed by atoms with E-state index in [1.54, 1.807) is 24.3 Å². The first-order valence-corrected chi connectivity index (χ1v) is 7.34. The van der Waals surface area contributed by atoms with Crippen molar-refractivity contribution in [3.05, 3.63) is 65.2 Å². The third-order valence-electron chi connectivity index (χ3n) is 3.25. The average molecular weight is 317 g/mol. The van der Waals surface area contributed by atoms with Crippen LogP contribution in [0.2, 0.25) is 5.02 Å². The van der Waals surface area contributed by atoms with Gasteiger partial charge in [-0.3, -0.25) is 9.59 Å². The van der Waals surface area contributed by atoms with Gasteiger partial charge < -0.3 is 10.6 Å². The zero-order valence-corrected chi connectivity index (χ0v) is 12.9. The molecular formula is C17H17ClN2O2. The van der Waals surface area contributed by atoms with Crippen LogP contribution in [0.3, 0.4) is 0 Å². The monoisotopic (exact) mass is 316 g/mol. The van der Waals surface area contributed by atoms with Gasteiger partial charge in [-0.2, -0.15) is 0 Å². The van der Waals surface area contributed by atoms with E-state index in [0.717, 1.165) is 5.56 Å². The Balaban J connectivity index is 1.84. The molecule has 0 aliphatic heterocycles. The van der Waals surface area contributed by atoms with Crippen molar-refractivity contribution in [1.82, 2.24) is 5.32 Å². The van der Waals surface area contributed by atoms with Crippen LogP contribution in [-0.2, 0) is 9.59 Å². The summed E-state index contributed by atoms with van der Waals surface area (Å²) in [6, 6.07) is 16.4. The lowest BCUT2D eigenvalue weighted by molar-refractivity contribution is -0.136. The summed E-state index contributed by atoms with van der Waals surface area (Å²) >= 11 is 5.76. The van der Waals surface area contributed by atoms with E-state index in [1.807, 2.05) is 37.3 Å². The number of nitrogens with one attached hydrogen (secondary N) is 2. The summed E-state index contributed by atoms with van der Waals surface area (Å²) in [7, 11) is 0. The summed E-state index contributed by atoms with van der Waals surface area (Å²) in [5, 5.41) is 5.73. The minimum absolute atomic E-state index is 0.133. The number of rotatable bonds is 4. The van der Waals surface area contributed by atoms with Crippen molar-refractivity contribution in [2.45, 2.75) is 12.8 Å². The Labute approximate surface area is 134 Å². The van der Waals surface area contributed by atoms with Crippen molar-refractivity contribution in [2.75, 3.05) is 11.9 Å². The van der Waals surface area contributed by atoms with Gasteiger partial charge >= 0.3 is 11.8 Å². The van der Waals surface area contributed by atoms with Crippen molar-refractivity contribution in [3.8, 4) is 0 Å². The Bertz CT molecular complexity index is 641. The van der Waals surface area contributed by atoms with Gasteiger partial charge in [-0.15, -0.1) is 0 Å². The zero-order valence-electron chi connectivity index (χ0n) is 12.2. The lowest BCUT2D eigenvalue weighted by Gasteiger charge is -2.13. The van der Waals surface area contributed by atoms with E-state index in [-0.39, 0.29) is 5.92 Å². The standard InChI is InChI=1S/C17H17ClN2O2/c1-12(13-5-3-2-4-6-13)11-19-16(21)17(22)20-15-9-7-14(18)8-10-15/h2-10,12H,11H2,1H3,(H,19,21)(H,20,22)/t12-/m1/s1. The fourth-order valence-corrected chi connectivity index (χ4v) is 2.07. The maximum Gasteiger partial charge on any atom is 0.313 e. The number of anilines is 1. The van der Waals surface area contributed by atoms with Crippen LogP contribution in [-0.4, -0.2) is 18.4 Å². The molecule has 0 aliphatic rings. The van der Waals surface area contributed by atoms with Gasteiger partial charge in [-0.05, 0) is 35.7 Å². The van der Waals surface area contributed by atoms with Crippen LogP contribution in [0.1, 0.15) is 18.4 Å². The van der Waals surface area contributed by atoms with E-state index in [1.165, 1.54) is 0 Å². The summed E-state index contributed by atoms with van der Waals surface area (Å²) in [5.74, 6) is -1.21. The molecule has 2 N–H and O–H groups in total. The fraction of sp³-hybridized carbons (Fsp3) is 0.176. The van der Waals surface area contributed by atoms with Gasteiger partial charge in [-0.1, -0.05) is 48.9 Å². The maximum absolute atomic E-state index is 11.8. The van der Waals surface area contributed by atoms with E-state index < -0.39 is 11.8 Å². The highest BCUT2D eigenvalue weighted by atomic mass is 35.5. The Morgan fingerprint density at radius 1 is 1.00 bits per heavy atom. The van der Waals surface area contributed by atoms with Crippen molar-refractivity contribution in [3.63, 3.8) is 0 Å². The predicted molar refractivity (Wildman–Crippen MR) is 87.9 cm³/mol. The Morgan fingerprint density at radius 3 is 2.27 bits per heavy atom. The normalized spacial score (nSPS) is 11.5. The molecule has 0 aliphatic carbocycles. The number of benzene rings is 2. The molecule has 2 rings (SSSR count). The van der Waals surface area contributed by atoms with Crippen molar-refractivity contribution in [1.29, 1.82) is 0 Å². The lowest BCUT2D eigenvalue weighted by atomic mass is 10.0. The van der Waals surface area contributed by atoms with Crippen molar-refractivity contribution >= 4 is 29.1 Å². The largest absolute Gasteiger partial charge is 0.347 e. The molecule has 2 amide bonds. The van der Waals surface area contributed by atoms with E-state index in [2.05, 4.69) is 10.6 Å². The van der Waals surface area contributed by atoms with Gasteiger partial charge in [-0.25, -0.2) is 0 Å². The van der Waals surface area contributed by atoms with Crippen molar-refractivity contribution in [2.24, 2.45) is 0 Å². The van der Waals surface area contributed by atoms with Crippen LogP contribution in [0.15, 0.2) is 54.6 Å². The second kappa shape index (κ2) is 7.61. The summed E-state index contributed by atoms with van der Waals surface area (Å²) in [5.41, 5.74) is 1.64. The second-order valence-electron chi connectivity index (χ2n) is 4.98. The van der Waals surface area contributed by atoms with Crippen LogP contribution < -0.4 is 10.6 Å². The first kappa shape index (κ1) is 16.0. The highest BCUT2D eigenvalue weighted by Gasteiger charge is 2.15. The number of carbonyl (C=O) groups excluding carboxylic acids is 2. The van der Waals surface area contributed by atoms with E-state index in [0.29, 0.717) is 17.3 Å². The number of hydrogen-bond donors (Lipinski definition) is 2. The molecule has 0 bridgehead atoms. The quantitative estimate of drug-likeness (QED) is 0.851. The molecule has 0 unspecified atom stereocenters. The maximum atomic E-state index is 11.8. The topological polar surface area (TPSA) is 58.2 Å². The highest BCUT2D eigenvalue weighted by molar-refractivity contribution is 6.39. The number of halogens is 1. The molecule has 1 atom stereocenters. The van der Waals surface area contributed by atoms with Crippen LogP contribution >= 0.6 is 11.6 Å². The van der Waals surface area contributed by atoms with E-state index in [9.17, 15) is 9.59 Å². The van der Waals surface area contributed by atoms with E-state index in [4.69, 9.17) is 11.6 Å². The molecule has 2 aromatic carbocycles. The molecule has 0 aromatic heterocycles. The van der Waals surface area contributed by atoms with Gasteiger partial charge in [0.25, 0.3) is 0 Å². The van der Waals surface area contributed by atoms with Crippen molar-refractivity contribution < 1.29 is 9.59 Å². The molecule has 0 fully saturated rings. The third kappa shape index (κ3) is 4.60. The van der Waals surface area contributed by atoms with Gasteiger partial charge in [0.05, 0.1) is 0 Å². The highest BCUT2D eigenvalue weighted by Crippen LogP contribution is 2.14. The third-order valence-corrected chi connectivity index (χ3v) is 3.50. The molecule has 0 heterocycles. The lowest BCUT2D eigenvalue weighted by Crippen LogP contribution is -2.37. The fourth-order valence-electron chi connectivity index (χ4n) is 1.95. The van der Waals surface area contributed by atoms with Crippen LogP contribution in [0, 0.1) is 0 Å². The van der Waals surface area contributed by atoms with E-state index >= 15 is 0 Å². The smallest absolute Gasteiger partial charge is 0.313 e. The summed E-state index contributed by atoms with van der Waals surface area (Å²) in [6.07, 6.45) is 0. The predicted octanol–water partition coefficient (Wildman–Crippen LogP) is 3.20. The van der Waals surface area contributed by atoms with Crippen LogP contribution in [0.5, 0.6) is 0 Å². The summed E-state index contributed by atoms with van der Waals surface area (Å²) in [4.78, 5) is 23.6. The molecule has 0 spiro atoms.